The number of urea groups is 1. The second kappa shape index (κ2) is 5.53. The second-order valence-corrected chi connectivity index (χ2v) is 4.54. The number of carbonyl (C=O) groups is 1. The van der Waals surface area contributed by atoms with Gasteiger partial charge in [-0.1, -0.05) is 25.0 Å². The molecule has 0 atom stereocenters. The second-order valence-electron chi connectivity index (χ2n) is 4.54. The molecule has 0 aromatic heterocycles. The Kier molecular flexibility index (Phi) is 3.82. The molecule has 0 aliphatic heterocycles. The number of hydrogen-bond acceptors (Lipinski definition) is 2. The average Bonchev–Trinajstić information content (AvgIpc) is 2.82. The molecule has 0 saturated heterocycles. The van der Waals surface area contributed by atoms with Crippen LogP contribution in [0.5, 0.6) is 0 Å². The molecule has 1 aliphatic carbocycles. The van der Waals surface area contributed by atoms with Crippen molar-refractivity contribution in [3.05, 3.63) is 29.8 Å². The van der Waals surface area contributed by atoms with E-state index >= 15 is 0 Å². The monoisotopic (exact) mass is 246 g/mol. The predicted octanol–water partition coefficient (Wildman–Crippen LogP) is 2.03. The summed E-state index contributed by atoms with van der Waals surface area (Å²) in [5, 5.41) is 13.1. The highest BCUT2D eigenvalue weighted by Gasteiger charge is 2.17. The van der Waals surface area contributed by atoms with Gasteiger partial charge in [0, 0.05) is 11.6 Å². The van der Waals surface area contributed by atoms with Crippen LogP contribution in [0.2, 0.25) is 0 Å². The van der Waals surface area contributed by atoms with Gasteiger partial charge in [-0.2, -0.15) is 0 Å². The van der Waals surface area contributed by atoms with Gasteiger partial charge in [-0.25, -0.2) is 4.79 Å². The summed E-state index contributed by atoms with van der Waals surface area (Å²) in [6.07, 6.45) is 4.44. The van der Waals surface area contributed by atoms with E-state index < -0.39 is 0 Å². The quantitative estimate of drug-likeness (QED) is 0.485. The Bertz CT molecular complexity index is 452. The first-order valence-electron chi connectivity index (χ1n) is 6.18. The number of benzene rings is 1. The molecule has 0 unspecified atom stereocenters. The topological polar surface area (TPSA) is 91.0 Å². The van der Waals surface area contributed by atoms with Crippen molar-refractivity contribution in [2.75, 3.05) is 5.32 Å². The van der Waals surface area contributed by atoms with Gasteiger partial charge in [0.25, 0.3) is 0 Å². The Morgan fingerprint density at radius 1 is 1.28 bits per heavy atom. The van der Waals surface area contributed by atoms with Gasteiger partial charge < -0.3 is 16.4 Å². The van der Waals surface area contributed by atoms with Crippen molar-refractivity contribution in [3.63, 3.8) is 0 Å². The minimum Gasteiger partial charge on any atom is -0.384 e. The molecule has 0 radical (unpaired) electrons. The number of anilines is 1. The molecular formula is C13H18N4O. The summed E-state index contributed by atoms with van der Waals surface area (Å²) in [6.45, 7) is 0. The van der Waals surface area contributed by atoms with Gasteiger partial charge in [0.2, 0.25) is 0 Å². The molecule has 1 aromatic rings. The number of carbonyl (C=O) groups excluding carboxylic acids is 1. The molecule has 5 nitrogen and oxygen atoms in total. The maximum atomic E-state index is 11.8. The molecule has 0 heterocycles. The summed E-state index contributed by atoms with van der Waals surface area (Å²) >= 11 is 0. The fourth-order valence-electron chi connectivity index (χ4n) is 2.24. The van der Waals surface area contributed by atoms with Crippen LogP contribution in [0.25, 0.3) is 0 Å². The zero-order chi connectivity index (χ0) is 13.0. The molecule has 1 fully saturated rings. The van der Waals surface area contributed by atoms with Crippen LogP contribution in [0.3, 0.4) is 0 Å². The van der Waals surface area contributed by atoms with Crippen LogP contribution in [0.1, 0.15) is 31.2 Å². The van der Waals surface area contributed by atoms with Crippen molar-refractivity contribution >= 4 is 17.6 Å². The number of nitrogens with two attached hydrogens (primary N) is 1. The van der Waals surface area contributed by atoms with Crippen LogP contribution in [-0.4, -0.2) is 17.9 Å². The molecular weight excluding hydrogens is 228 g/mol. The Morgan fingerprint density at radius 3 is 2.61 bits per heavy atom. The van der Waals surface area contributed by atoms with E-state index in [1.165, 1.54) is 12.8 Å². The van der Waals surface area contributed by atoms with Crippen LogP contribution < -0.4 is 16.4 Å². The van der Waals surface area contributed by atoms with Crippen LogP contribution in [0.15, 0.2) is 24.3 Å². The summed E-state index contributed by atoms with van der Waals surface area (Å²) in [7, 11) is 0. The lowest BCUT2D eigenvalue weighted by molar-refractivity contribution is 0.248. The van der Waals surface area contributed by atoms with Crippen molar-refractivity contribution in [2.45, 2.75) is 31.7 Å². The van der Waals surface area contributed by atoms with Crippen molar-refractivity contribution < 1.29 is 4.79 Å². The largest absolute Gasteiger partial charge is 0.384 e. The highest BCUT2D eigenvalue weighted by Crippen LogP contribution is 2.18. The van der Waals surface area contributed by atoms with E-state index in [1.54, 1.807) is 24.3 Å². The van der Waals surface area contributed by atoms with Crippen LogP contribution in [0, 0.1) is 5.41 Å². The first-order chi connectivity index (χ1) is 8.66. The number of nitrogen functional groups attached to an aromatic ring is 1. The molecule has 1 saturated carbocycles. The summed E-state index contributed by atoms with van der Waals surface area (Å²) in [6, 6.07) is 7.09. The summed E-state index contributed by atoms with van der Waals surface area (Å²) in [5.41, 5.74) is 6.58. The molecule has 96 valence electrons. The van der Waals surface area contributed by atoms with Crippen LogP contribution in [0.4, 0.5) is 10.5 Å². The highest BCUT2D eigenvalue weighted by molar-refractivity contribution is 6.03. The fraction of sp³-hybridized carbons (Fsp3) is 0.385. The molecule has 1 aliphatic rings. The standard InChI is InChI=1S/C13H18N4O/c14-12(15)10-7-3-4-8-11(10)17-13(18)16-9-5-1-2-6-9/h3-4,7-9H,1-2,5-6H2,(H3,14,15)(H2,16,17,18). The van der Waals surface area contributed by atoms with Crippen molar-refractivity contribution in [3.8, 4) is 0 Å². The van der Waals surface area contributed by atoms with Gasteiger partial charge in [-0.15, -0.1) is 0 Å². The van der Waals surface area contributed by atoms with Crippen LogP contribution >= 0.6 is 0 Å². The van der Waals surface area contributed by atoms with E-state index in [-0.39, 0.29) is 17.9 Å². The van der Waals surface area contributed by atoms with Gasteiger partial charge in [0.1, 0.15) is 5.84 Å². The maximum absolute atomic E-state index is 11.8. The van der Waals surface area contributed by atoms with E-state index in [1.807, 2.05) is 0 Å². The number of para-hydroxylation sites is 1. The smallest absolute Gasteiger partial charge is 0.319 e. The Balaban J connectivity index is 2.00. The molecule has 18 heavy (non-hydrogen) atoms. The van der Waals surface area contributed by atoms with Gasteiger partial charge in [-0.05, 0) is 25.0 Å². The molecule has 2 rings (SSSR count). The minimum absolute atomic E-state index is 0.0493. The summed E-state index contributed by atoms with van der Waals surface area (Å²) in [4.78, 5) is 11.8. The molecule has 0 spiro atoms. The van der Waals surface area contributed by atoms with Gasteiger partial charge in [0.05, 0.1) is 5.69 Å². The average molecular weight is 246 g/mol. The zero-order valence-corrected chi connectivity index (χ0v) is 10.2. The third-order valence-electron chi connectivity index (χ3n) is 3.16. The van der Waals surface area contributed by atoms with Crippen molar-refractivity contribution in [1.29, 1.82) is 5.41 Å². The van der Waals surface area contributed by atoms with Crippen LogP contribution in [-0.2, 0) is 0 Å². The van der Waals surface area contributed by atoms with Crippen molar-refractivity contribution in [2.24, 2.45) is 5.73 Å². The lowest BCUT2D eigenvalue weighted by Gasteiger charge is -2.14. The summed E-state index contributed by atoms with van der Waals surface area (Å²) in [5.74, 6) is -0.0493. The number of amides is 2. The lowest BCUT2D eigenvalue weighted by Crippen LogP contribution is -2.36. The third-order valence-corrected chi connectivity index (χ3v) is 3.16. The van der Waals surface area contributed by atoms with Gasteiger partial charge in [-0.3, -0.25) is 5.41 Å². The minimum atomic E-state index is -0.226. The predicted molar refractivity (Wildman–Crippen MR) is 71.9 cm³/mol. The molecule has 5 N–H and O–H groups in total. The van der Waals surface area contributed by atoms with E-state index in [2.05, 4.69) is 10.6 Å². The molecule has 2 amide bonds. The molecule has 1 aromatic carbocycles. The lowest BCUT2D eigenvalue weighted by atomic mass is 10.1. The zero-order valence-electron chi connectivity index (χ0n) is 10.2. The van der Waals surface area contributed by atoms with Gasteiger partial charge in [0.15, 0.2) is 0 Å². The first-order valence-corrected chi connectivity index (χ1v) is 6.18. The summed E-state index contributed by atoms with van der Waals surface area (Å²) < 4.78 is 0. The fourth-order valence-corrected chi connectivity index (χ4v) is 2.24. The van der Waals surface area contributed by atoms with Gasteiger partial charge >= 0.3 is 6.03 Å². The maximum Gasteiger partial charge on any atom is 0.319 e. The SMILES string of the molecule is N=C(N)c1ccccc1NC(=O)NC1CCCC1. The van der Waals surface area contributed by atoms with Crippen molar-refractivity contribution in [1.82, 2.24) is 5.32 Å². The first kappa shape index (κ1) is 12.4. The molecule has 5 heteroatoms. The highest BCUT2D eigenvalue weighted by atomic mass is 16.2. The normalized spacial score (nSPS) is 15.3. The Hall–Kier alpha value is -2.04. The number of rotatable bonds is 3. The molecule has 0 bridgehead atoms. The van der Waals surface area contributed by atoms with E-state index in [9.17, 15) is 4.79 Å². The number of hydrogen-bond donors (Lipinski definition) is 4. The number of nitrogens with one attached hydrogen (secondary N) is 3. The van der Waals surface area contributed by atoms with E-state index in [4.69, 9.17) is 11.1 Å². The number of amidine groups is 1. The Labute approximate surface area is 106 Å². The van der Waals surface area contributed by atoms with E-state index in [0.717, 1.165) is 12.8 Å². The van der Waals surface area contributed by atoms with E-state index in [0.29, 0.717) is 11.3 Å². The third kappa shape index (κ3) is 3.00. The Morgan fingerprint density at radius 2 is 1.94 bits per heavy atom.